The number of hydrogen-bond acceptors (Lipinski definition) is 3. The first kappa shape index (κ1) is 19.6. The number of benzene rings is 3. The van der Waals surface area contributed by atoms with Crippen LogP contribution in [0.2, 0.25) is 0 Å². The van der Waals surface area contributed by atoms with E-state index in [4.69, 9.17) is 0 Å². The molecule has 1 N–H and O–H groups in total. The van der Waals surface area contributed by atoms with Gasteiger partial charge in [-0.2, -0.15) is 0 Å². The first-order valence-electron chi connectivity index (χ1n) is 9.65. The lowest BCUT2D eigenvalue weighted by molar-refractivity contribution is -0.120. The minimum Gasteiger partial charge on any atom is -0.350 e. The Balaban J connectivity index is 1.82. The van der Waals surface area contributed by atoms with Crippen molar-refractivity contribution in [1.82, 2.24) is 0 Å². The van der Waals surface area contributed by atoms with E-state index in [0.29, 0.717) is 16.8 Å². The van der Waals surface area contributed by atoms with Crippen LogP contribution in [0.25, 0.3) is 5.57 Å². The summed E-state index contributed by atoms with van der Waals surface area (Å²) in [6, 6.07) is 18.5. The van der Waals surface area contributed by atoms with Gasteiger partial charge in [-0.3, -0.25) is 9.59 Å². The van der Waals surface area contributed by atoms with Crippen molar-refractivity contribution in [2.45, 2.75) is 20.8 Å². The molecule has 0 spiro atoms. The number of carbonyl (C=O) groups is 2. The van der Waals surface area contributed by atoms with E-state index in [1.165, 1.54) is 24.3 Å². The first-order valence-corrected chi connectivity index (χ1v) is 9.65. The van der Waals surface area contributed by atoms with Crippen molar-refractivity contribution in [3.8, 4) is 0 Å². The number of aryl methyl sites for hydroxylation is 3. The van der Waals surface area contributed by atoms with E-state index >= 15 is 0 Å². The topological polar surface area (TPSA) is 49.4 Å². The van der Waals surface area contributed by atoms with Crippen LogP contribution in [0.15, 0.2) is 72.4 Å². The highest BCUT2D eigenvalue weighted by Gasteiger charge is 2.40. The number of hydrogen-bond donors (Lipinski definition) is 1. The van der Waals surface area contributed by atoms with Gasteiger partial charge in [0.15, 0.2) is 0 Å². The van der Waals surface area contributed by atoms with Gasteiger partial charge in [-0.05, 0) is 73.9 Å². The molecule has 0 aromatic heterocycles. The quantitative estimate of drug-likeness (QED) is 0.617. The Hall–Kier alpha value is -3.73. The number of rotatable bonds is 4. The monoisotopic (exact) mass is 400 g/mol. The van der Waals surface area contributed by atoms with Gasteiger partial charge in [-0.15, -0.1) is 0 Å². The zero-order chi connectivity index (χ0) is 21.4. The Morgan fingerprint density at radius 2 is 1.43 bits per heavy atom. The summed E-state index contributed by atoms with van der Waals surface area (Å²) in [5.41, 5.74) is 5.46. The molecule has 3 aromatic carbocycles. The van der Waals surface area contributed by atoms with Crippen molar-refractivity contribution in [2.75, 3.05) is 10.2 Å². The van der Waals surface area contributed by atoms with Crippen LogP contribution in [0.1, 0.15) is 22.3 Å². The summed E-state index contributed by atoms with van der Waals surface area (Å²) in [6.45, 7) is 5.96. The summed E-state index contributed by atoms with van der Waals surface area (Å²) >= 11 is 0. The first-order chi connectivity index (χ1) is 14.3. The van der Waals surface area contributed by atoms with Gasteiger partial charge in [0.1, 0.15) is 11.5 Å². The molecule has 30 heavy (non-hydrogen) atoms. The molecular weight excluding hydrogens is 379 g/mol. The van der Waals surface area contributed by atoms with Crippen LogP contribution >= 0.6 is 0 Å². The molecule has 150 valence electrons. The fourth-order valence-electron chi connectivity index (χ4n) is 3.42. The fraction of sp³-hybridized carbons (Fsp3) is 0.120. The second-order valence-corrected chi connectivity index (χ2v) is 7.46. The molecule has 2 amide bonds. The number of halogens is 1. The molecule has 0 unspecified atom stereocenters. The van der Waals surface area contributed by atoms with Gasteiger partial charge in [0.25, 0.3) is 11.8 Å². The Morgan fingerprint density at radius 3 is 2.07 bits per heavy atom. The molecule has 0 radical (unpaired) electrons. The van der Waals surface area contributed by atoms with Gasteiger partial charge in [0.2, 0.25) is 0 Å². The van der Waals surface area contributed by atoms with E-state index in [0.717, 1.165) is 27.3 Å². The van der Waals surface area contributed by atoms with Crippen molar-refractivity contribution in [3.05, 3.63) is 100 Å². The SMILES string of the molecule is Cc1ccc(C2=C(Nc3ccc(C)c(C)c3)C(=O)N(c3ccc(F)cc3)C2=O)cc1. The lowest BCUT2D eigenvalue weighted by Crippen LogP contribution is -2.32. The zero-order valence-corrected chi connectivity index (χ0v) is 17.0. The summed E-state index contributed by atoms with van der Waals surface area (Å²) in [5, 5.41) is 3.16. The number of amides is 2. The predicted molar refractivity (Wildman–Crippen MR) is 117 cm³/mol. The Morgan fingerprint density at radius 1 is 0.767 bits per heavy atom. The maximum atomic E-state index is 13.4. The highest BCUT2D eigenvalue weighted by molar-refractivity contribution is 6.46. The number of nitrogens with zero attached hydrogens (tertiary/aromatic N) is 1. The highest BCUT2D eigenvalue weighted by atomic mass is 19.1. The predicted octanol–water partition coefficient (Wildman–Crippen LogP) is 5.15. The number of nitrogens with one attached hydrogen (secondary N) is 1. The molecule has 0 atom stereocenters. The van der Waals surface area contributed by atoms with Crippen LogP contribution in [0.4, 0.5) is 15.8 Å². The summed E-state index contributed by atoms with van der Waals surface area (Å²) < 4.78 is 13.4. The molecule has 0 bridgehead atoms. The second kappa shape index (κ2) is 7.59. The van der Waals surface area contributed by atoms with Gasteiger partial charge in [0, 0.05) is 5.69 Å². The average molecular weight is 400 g/mol. The third-order valence-corrected chi connectivity index (χ3v) is 5.29. The van der Waals surface area contributed by atoms with Crippen LogP contribution in [0.3, 0.4) is 0 Å². The van der Waals surface area contributed by atoms with E-state index in [2.05, 4.69) is 5.32 Å². The van der Waals surface area contributed by atoms with Crippen molar-refractivity contribution in [3.63, 3.8) is 0 Å². The Kier molecular flexibility index (Phi) is 4.96. The van der Waals surface area contributed by atoms with Crippen molar-refractivity contribution in [2.24, 2.45) is 0 Å². The maximum absolute atomic E-state index is 13.4. The van der Waals surface area contributed by atoms with E-state index < -0.39 is 17.6 Å². The van der Waals surface area contributed by atoms with Gasteiger partial charge < -0.3 is 5.32 Å². The zero-order valence-electron chi connectivity index (χ0n) is 17.0. The smallest absolute Gasteiger partial charge is 0.282 e. The molecule has 1 aliphatic heterocycles. The third kappa shape index (κ3) is 3.50. The van der Waals surface area contributed by atoms with Crippen LogP contribution in [-0.4, -0.2) is 11.8 Å². The van der Waals surface area contributed by atoms with E-state index in [1.54, 1.807) is 0 Å². The standard InChI is InChI=1S/C25H21FN2O2/c1-15-4-7-18(8-5-15)22-23(27-20-11-6-16(2)17(3)14-20)25(30)28(24(22)29)21-12-9-19(26)10-13-21/h4-14,27H,1-3H3. The number of carbonyl (C=O) groups excluding carboxylic acids is 2. The molecule has 0 saturated carbocycles. The van der Waals surface area contributed by atoms with E-state index in [9.17, 15) is 14.0 Å². The maximum Gasteiger partial charge on any atom is 0.282 e. The van der Waals surface area contributed by atoms with Crippen LogP contribution < -0.4 is 10.2 Å². The third-order valence-electron chi connectivity index (χ3n) is 5.29. The van der Waals surface area contributed by atoms with Crippen LogP contribution in [0.5, 0.6) is 0 Å². The molecule has 1 aliphatic rings. The van der Waals surface area contributed by atoms with Crippen LogP contribution in [0, 0.1) is 26.6 Å². The average Bonchev–Trinajstić information content (AvgIpc) is 2.96. The van der Waals surface area contributed by atoms with Gasteiger partial charge in [-0.25, -0.2) is 9.29 Å². The molecule has 3 aromatic rings. The summed E-state index contributed by atoms with van der Waals surface area (Å²) in [7, 11) is 0. The number of anilines is 2. The second-order valence-electron chi connectivity index (χ2n) is 7.46. The summed E-state index contributed by atoms with van der Waals surface area (Å²) in [4.78, 5) is 27.7. The van der Waals surface area contributed by atoms with Crippen LogP contribution in [-0.2, 0) is 9.59 Å². The van der Waals surface area contributed by atoms with E-state index in [-0.39, 0.29) is 5.70 Å². The molecular formula is C25H21FN2O2. The molecule has 0 saturated heterocycles. The Labute approximate surface area is 174 Å². The summed E-state index contributed by atoms with van der Waals surface area (Å²) in [6.07, 6.45) is 0. The highest BCUT2D eigenvalue weighted by Crippen LogP contribution is 2.34. The summed E-state index contributed by atoms with van der Waals surface area (Å²) in [5.74, 6) is -1.35. The van der Waals surface area contributed by atoms with Gasteiger partial charge >= 0.3 is 0 Å². The largest absolute Gasteiger partial charge is 0.350 e. The molecule has 0 aliphatic carbocycles. The molecule has 4 rings (SSSR count). The molecule has 0 fully saturated rings. The van der Waals surface area contributed by atoms with Gasteiger partial charge in [-0.1, -0.05) is 35.9 Å². The minimum absolute atomic E-state index is 0.205. The normalized spacial score (nSPS) is 13.9. The molecule has 5 heteroatoms. The molecule has 4 nitrogen and oxygen atoms in total. The minimum atomic E-state index is -0.472. The van der Waals surface area contributed by atoms with Crippen molar-refractivity contribution in [1.29, 1.82) is 0 Å². The van der Waals surface area contributed by atoms with Crippen molar-refractivity contribution >= 4 is 28.8 Å². The number of imide groups is 1. The van der Waals surface area contributed by atoms with Crippen molar-refractivity contribution < 1.29 is 14.0 Å². The lowest BCUT2D eigenvalue weighted by atomic mass is 10.0. The van der Waals surface area contributed by atoms with Gasteiger partial charge in [0.05, 0.1) is 11.3 Å². The lowest BCUT2D eigenvalue weighted by Gasteiger charge is -2.15. The van der Waals surface area contributed by atoms with E-state index in [1.807, 2.05) is 63.2 Å². The molecule has 1 heterocycles. The fourth-order valence-corrected chi connectivity index (χ4v) is 3.42. The Bertz CT molecular complexity index is 1180.